The van der Waals surface area contributed by atoms with Crippen molar-refractivity contribution in [3.8, 4) is 17.0 Å². The molecule has 35 heavy (non-hydrogen) atoms. The van der Waals surface area contributed by atoms with Crippen molar-refractivity contribution in [3.63, 3.8) is 0 Å². The van der Waals surface area contributed by atoms with Crippen LogP contribution in [0.4, 0.5) is 17.2 Å². The molecule has 1 fully saturated rings. The van der Waals surface area contributed by atoms with E-state index in [-0.39, 0.29) is 17.6 Å². The zero-order valence-electron chi connectivity index (χ0n) is 20.2. The minimum Gasteiger partial charge on any atom is -0.494 e. The number of ether oxygens (including phenoxy) is 1. The van der Waals surface area contributed by atoms with Crippen LogP contribution in [-0.2, 0) is 9.36 Å². The van der Waals surface area contributed by atoms with Gasteiger partial charge in [-0.25, -0.2) is 4.98 Å². The molecule has 1 aliphatic rings. The van der Waals surface area contributed by atoms with Gasteiger partial charge in [-0.1, -0.05) is 13.0 Å². The van der Waals surface area contributed by atoms with Crippen molar-refractivity contribution >= 4 is 41.5 Å². The summed E-state index contributed by atoms with van der Waals surface area (Å²) in [6.45, 7) is 5.07. The highest BCUT2D eigenvalue weighted by Gasteiger charge is 2.30. The van der Waals surface area contributed by atoms with Crippen LogP contribution in [0, 0.1) is 5.92 Å². The number of rotatable bonds is 9. The van der Waals surface area contributed by atoms with E-state index >= 15 is 0 Å². The number of nitrogens with one attached hydrogen (secondary N) is 2. The lowest BCUT2D eigenvalue weighted by atomic mass is 10.1. The molecule has 0 unspecified atom stereocenters. The normalized spacial score (nSPS) is 13.3. The van der Waals surface area contributed by atoms with E-state index in [1.807, 2.05) is 18.2 Å². The minimum absolute atomic E-state index is 0.0313. The topological polar surface area (TPSA) is 123 Å². The largest absolute Gasteiger partial charge is 0.494 e. The molecule has 1 aromatic carbocycles. The van der Waals surface area contributed by atoms with Gasteiger partial charge in [0.2, 0.25) is 5.91 Å². The number of para-hydroxylation sites is 1. The summed E-state index contributed by atoms with van der Waals surface area (Å²) in [5, 5.41) is 14.5. The molecule has 0 saturated heterocycles. The Labute approximate surface area is 204 Å². The molecular weight excluding hydrogens is 465 g/mol. The third kappa shape index (κ3) is 5.57. The van der Waals surface area contributed by atoms with Crippen molar-refractivity contribution in [1.82, 2.24) is 15.2 Å². The van der Waals surface area contributed by atoms with Gasteiger partial charge in [0.25, 0.3) is 0 Å². The number of amides is 1. The van der Waals surface area contributed by atoms with Gasteiger partial charge in [0.15, 0.2) is 11.5 Å². The lowest BCUT2D eigenvalue weighted by Crippen LogP contribution is -2.15. The number of benzene rings is 1. The summed E-state index contributed by atoms with van der Waals surface area (Å²) in [6, 6.07) is 10.6. The van der Waals surface area contributed by atoms with Crippen LogP contribution < -0.4 is 20.8 Å². The second-order valence-corrected chi connectivity index (χ2v) is 12.0. The quantitative estimate of drug-likeness (QED) is 0.330. The minimum atomic E-state index is -2.52. The van der Waals surface area contributed by atoms with Crippen molar-refractivity contribution in [2.75, 3.05) is 31.1 Å². The van der Waals surface area contributed by atoms with Crippen molar-refractivity contribution in [3.05, 3.63) is 48.2 Å². The fourth-order valence-electron chi connectivity index (χ4n) is 3.57. The standard InChI is InChI=1S/C25H28N5O4P/c1-5-21(31)17-14-26-22(28-25(32)15-9-10-15)13-20(17)27-19-8-6-7-16(24(19)34-2)18-11-12-23(30-29-18)35(3,4)33/h6-8,11-15H,5,9-10H2,1-4H3,(H2,26,27,28,32). The van der Waals surface area contributed by atoms with E-state index in [1.165, 1.54) is 6.20 Å². The van der Waals surface area contributed by atoms with Crippen LogP contribution in [0.3, 0.4) is 0 Å². The zero-order chi connectivity index (χ0) is 25.2. The Morgan fingerprint density at radius 1 is 1.11 bits per heavy atom. The van der Waals surface area contributed by atoms with Gasteiger partial charge in [0, 0.05) is 30.2 Å². The molecule has 0 bridgehead atoms. The average molecular weight is 494 g/mol. The number of carbonyl (C=O) groups is 2. The molecule has 182 valence electrons. The number of Topliss-reactive ketones (excluding diaryl/α,β-unsaturated/α-hetero) is 1. The molecule has 2 N–H and O–H groups in total. The molecule has 0 radical (unpaired) electrons. The fraction of sp³-hybridized carbons (Fsp3) is 0.320. The van der Waals surface area contributed by atoms with E-state index < -0.39 is 7.14 Å². The Kier molecular flexibility index (Phi) is 6.98. The Bertz CT molecular complexity index is 1320. The number of hydrogen-bond donors (Lipinski definition) is 2. The summed E-state index contributed by atoms with van der Waals surface area (Å²) in [7, 11) is -0.979. The van der Waals surface area contributed by atoms with Crippen LogP contribution in [0.1, 0.15) is 36.5 Å². The van der Waals surface area contributed by atoms with Crippen molar-refractivity contribution in [2.45, 2.75) is 26.2 Å². The molecule has 0 atom stereocenters. The molecule has 0 aliphatic heterocycles. The van der Waals surface area contributed by atoms with E-state index in [1.54, 1.807) is 45.6 Å². The highest BCUT2D eigenvalue weighted by Crippen LogP contribution is 2.39. The monoisotopic (exact) mass is 493 g/mol. The van der Waals surface area contributed by atoms with E-state index in [9.17, 15) is 14.2 Å². The molecule has 2 heterocycles. The summed E-state index contributed by atoms with van der Waals surface area (Å²) >= 11 is 0. The van der Waals surface area contributed by atoms with E-state index in [4.69, 9.17) is 4.74 Å². The molecule has 1 amide bonds. The number of nitrogens with zero attached hydrogens (tertiary/aromatic N) is 3. The number of pyridine rings is 1. The maximum Gasteiger partial charge on any atom is 0.228 e. The maximum absolute atomic E-state index is 12.6. The van der Waals surface area contributed by atoms with Gasteiger partial charge in [-0.3, -0.25) is 9.59 Å². The molecule has 1 saturated carbocycles. The number of anilines is 3. The number of hydrogen-bond acceptors (Lipinski definition) is 8. The van der Waals surface area contributed by atoms with Crippen LogP contribution >= 0.6 is 7.14 Å². The predicted molar refractivity (Wildman–Crippen MR) is 137 cm³/mol. The van der Waals surface area contributed by atoms with Crippen molar-refractivity contribution < 1.29 is 18.9 Å². The first kappa shape index (κ1) is 24.5. The second kappa shape index (κ2) is 9.96. The van der Waals surface area contributed by atoms with Gasteiger partial charge in [-0.05, 0) is 50.4 Å². The third-order valence-electron chi connectivity index (χ3n) is 5.69. The van der Waals surface area contributed by atoms with E-state index in [0.717, 1.165) is 12.8 Å². The number of methoxy groups -OCH3 is 1. The average Bonchev–Trinajstić information content (AvgIpc) is 3.69. The smallest absolute Gasteiger partial charge is 0.228 e. The Balaban J connectivity index is 1.70. The molecule has 1 aliphatic carbocycles. The summed E-state index contributed by atoms with van der Waals surface area (Å²) < 4.78 is 18.0. The predicted octanol–water partition coefficient (Wildman–Crippen LogP) is 4.48. The summed E-state index contributed by atoms with van der Waals surface area (Å²) in [5.41, 5.74) is 3.21. The molecule has 4 rings (SSSR count). The first-order valence-electron chi connectivity index (χ1n) is 11.4. The lowest BCUT2D eigenvalue weighted by molar-refractivity contribution is -0.117. The maximum atomic E-state index is 12.6. The van der Waals surface area contributed by atoms with Gasteiger partial charge < -0.3 is 19.9 Å². The summed E-state index contributed by atoms with van der Waals surface area (Å²) in [5.74, 6) is 0.755. The molecule has 9 nitrogen and oxygen atoms in total. The van der Waals surface area contributed by atoms with Gasteiger partial charge in [-0.15, -0.1) is 10.2 Å². The molecule has 0 spiro atoms. The molecular formula is C25H28N5O4P. The van der Waals surface area contributed by atoms with Crippen LogP contribution in [0.25, 0.3) is 11.3 Å². The first-order chi connectivity index (χ1) is 16.7. The highest BCUT2D eigenvalue weighted by atomic mass is 31.2. The molecule has 3 aromatic rings. The summed E-state index contributed by atoms with van der Waals surface area (Å²) in [4.78, 5) is 29.1. The van der Waals surface area contributed by atoms with Gasteiger partial charge in [0.05, 0.1) is 29.7 Å². The number of aromatic nitrogens is 3. The number of ketones is 1. The lowest BCUT2D eigenvalue weighted by Gasteiger charge is -2.17. The Hall–Kier alpha value is -3.58. The first-order valence-corrected chi connectivity index (χ1v) is 14.0. The van der Waals surface area contributed by atoms with Crippen LogP contribution in [0.5, 0.6) is 5.75 Å². The fourth-order valence-corrected chi connectivity index (χ4v) is 4.27. The van der Waals surface area contributed by atoms with Gasteiger partial charge in [-0.2, -0.15) is 0 Å². The molecule has 10 heteroatoms. The highest BCUT2D eigenvalue weighted by molar-refractivity contribution is 7.69. The van der Waals surface area contributed by atoms with Crippen molar-refractivity contribution in [2.24, 2.45) is 5.92 Å². The third-order valence-corrected chi connectivity index (χ3v) is 7.03. The van der Waals surface area contributed by atoms with Crippen molar-refractivity contribution in [1.29, 1.82) is 0 Å². The van der Waals surface area contributed by atoms with Gasteiger partial charge in [0.1, 0.15) is 18.4 Å². The summed E-state index contributed by atoms with van der Waals surface area (Å²) in [6.07, 6.45) is 3.55. The molecule has 2 aromatic heterocycles. The van der Waals surface area contributed by atoms with E-state index in [0.29, 0.717) is 51.6 Å². The van der Waals surface area contributed by atoms with Gasteiger partial charge >= 0.3 is 0 Å². The SMILES string of the molecule is CCC(=O)c1cnc(NC(=O)C2CC2)cc1Nc1cccc(-c2ccc(P(C)(C)=O)nn2)c1OC. The van der Waals surface area contributed by atoms with Crippen LogP contribution in [0.2, 0.25) is 0 Å². The Morgan fingerprint density at radius 3 is 2.49 bits per heavy atom. The number of carbonyl (C=O) groups excluding carboxylic acids is 2. The van der Waals surface area contributed by atoms with Crippen LogP contribution in [0.15, 0.2) is 42.6 Å². The zero-order valence-corrected chi connectivity index (χ0v) is 21.1. The second-order valence-electron chi connectivity index (χ2n) is 8.79. The Morgan fingerprint density at radius 2 is 1.89 bits per heavy atom. The van der Waals surface area contributed by atoms with E-state index in [2.05, 4.69) is 25.8 Å². The van der Waals surface area contributed by atoms with Crippen LogP contribution in [-0.4, -0.2) is 47.3 Å².